The number of nitrogens with two attached hydrogens (primary N) is 1. The Morgan fingerprint density at radius 3 is 2.29 bits per heavy atom. The Labute approximate surface area is 90.6 Å². The van der Waals surface area contributed by atoms with E-state index in [2.05, 4.69) is 0 Å². The normalized spacial score (nSPS) is 11.4. The van der Waals surface area contributed by atoms with E-state index in [0.717, 1.165) is 17.1 Å². The van der Waals surface area contributed by atoms with Crippen molar-refractivity contribution in [1.82, 2.24) is 0 Å². The van der Waals surface area contributed by atoms with Crippen LogP contribution in [0.1, 0.15) is 18.5 Å². The van der Waals surface area contributed by atoms with Crippen molar-refractivity contribution in [3.05, 3.63) is 23.8 Å². The zero-order chi connectivity index (χ0) is 9.84. The SMILES string of the molecule is COc1ccc([C@H](C)N)c(OC)c1.Cl. The second kappa shape index (κ2) is 5.73. The lowest BCUT2D eigenvalue weighted by Crippen LogP contribution is -2.06. The Balaban J connectivity index is 0.00000169. The van der Waals surface area contributed by atoms with Gasteiger partial charge in [0.1, 0.15) is 11.5 Å². The first-order valence-corrected chi connectivity index (χ1v) is 4.16. The average molecular weight is 218 g/mol. The molecular weight excluding hydrogens is 202 g/mol. The molecule has 0 aliphatic heterocycles. The van der Waals surface area contributed by atoms with Crippen molar-refractivity contribution in [2.24, 2.45) is 5.73 Å². The number of hydrogen-bond donors (Lipinski definition) is 1. The van der Waals surface area contributed by atoms with Gasteiger partial charge in [0.05, 0.1) is 14.2 Å². The monoisotopic (exact) mass is 217 g/mol. The van der Waals surface area contributed by atoms with Gasteiger partial charge in [-0.3, -0.25) is 0 Å². The summed E-state index contributed by atoms with van der Waals surface area (Å²) in [5.74, 6) is 1.55. The Morgan fingerprint density at radius 1 is 1.21 bits per heavy atom. The Hall–Kier alpha value is -0.930. The molecule has 0 fully saturated rings. The van der Waals surface area contributed by atoms with E-state index in [1.54, 1.807) is 14.2 Å². The molecule has 1 atom stereocenters. The first-order valence-electron chi connectivity index (χ1n) is 4.16. The zero-order valence-electron chi connectivity index (χ0n) is 8.61. The fourth-order valence-electron chi connectivity index (χ4n) is 1.19. The lowest BCUT2D eigenvalue weighted by atomic mass is 10.1. The molecule has 14 heavy (non-hydrogen) atoms. The van der Waals surface area contributed by atoms with E-state index in [9.17, 15) is 0 Å². The molecule has 0 bridgehead atoms. The number of rotatable bonds is 3. The smallest absolute Gasteiger partial charge is 0.127 e. The highest BCUT2D eigenvalue weighted by Gasteiger charge is 2.07. The summed E-state index contributed by atoms with van der Waals surface area (Å²) >= 11 is 0. The van der Waals surface area contributed by atoms with E-state index in [4.69, 9.17) is 15.2 Å². The summed E-state index contributed by atoms with van der Waals surface area (Å²) in [6.45, 7) is 1.92. The van der Waals surface area contributed by atoms with Gasteiger partial charge in [-0.25, -0.2) is 0 Å². The van der Waals surface area contributed by atoms with Crippen LogP contribution in [-0.2, 0) is 0 Å². The molecule has 0 radical (unpaired) electrons. The summed E-state index contributed by atoms with van der Waals surface area (Å²) in [7, 11) is 3.25. The molecule has 0 saturated carbocycles. The van der Waals surface area contributed by atoms with Crippen LogP contribution in [0.5, 0.6) is 11.5 Å². The average Bonchev–Trinajstić information content (AvgIpc) is 2.16. The highest BCUT2D eigenvalue weighted by atomic mass is 35.5. The van der Waals surface area contributed by atoms with Crippen LogP contribution in [0.3, 0.4) is 0 Å². The maximum atomic E-state index is 5.76. The van der Waals surface area contributed by atoms with Gasteiger partial charge < -0.3 is 15.2 Å². The molecule has 0 aromatic heterocycles. The third kappa shape index (κ3) is 2.79. The molecule has 4 heteroatoms. The van der Waals surface area contributed by atoms with Crippen LogP contribution in [0, 0.1) is 0 Å². The molecule has 2 N–H and O–H groups in total. The molecule has 0 aliphatic rings. The van der Waals surface area contributed by atoms with Crippen LogP contribution in [0.25, 0.3) is 0 Å². The minimum Gasteiger partial charge on any atom is -0.497 e. The van der Waals surface area contributed by atoms with Gasteiger partial charge in [-0.15, -0.1) is 12.4 Å². The molecular formula is C10H16ClNO2. The molecule has 0 heterocycles. The largest absolute Gasteiger partial charge is 0.497 e. The topological polar surface area (TPSA) is 44.5 Å². The van der Waals surface area contributed by atoms with Crippen molar-refractivity contribution in [2.75, 3.05) is 14.2 Å². The van der Waals surface area contributed by atoms with E-state index in [-0.39, 0.29) is 18.4 Å². The van der Waals surface area contributed by atoms with Crippen LogP contribution in [-0.4, -0.2) is 14.2 Å². The third-order valence-electron chi connectivity index (χ3n) is 1.93. The van der Waals surface area contributed by atoms with Crippen molar-refractivity contribution in [2.45, 2.75) is 13.0 Å². The summed E-state index contributed by atoms with van der Waals surface area (Å²) in [4.78, 5) is 0. The summed E-state index contributed by atoms with van der Waals surface area (Å²) in [6.07, 6.45) is 0. The summed E-state index contributed by atoms with van der Waals surface area (Å²) in [5, 5.41) is 0. The first-order chi connectivity index (χ1) is 6.19. The molecule has 0 saturated heterocycles. The van der Waals surface area contributed by atoms with Crippen molar-refractivity contribution in [3.8, 4) is 11.5 Å². The van der Waals surface area contributed by atoms with Gasteiger partial charge in [0.15, 0.2) is 0 Å². The molecule has 1 aromatic rings. The first kappa shape index (κ1) is 13.1. The minimum atomic E-state index is -0.0270. The van der Waals surface area contributed by atoms with E-state index < -0.39 is 0 Å². The quantitative estimate of drug-likeness (QED) is 0.844. The van der Waals surface area contributed by atoms with Gasteiger partial charge >= 0.3 is 0 Å². The van der Waals surface area contributed by atoms with Gasteiger partial charge in [0.2, 0.25) is 0 Å². The maximum absolute atomic E-state index is 5.76. The fourth-order valence-corrected chi connectivity index (χ4v) is 1.19. The molecule has 0 spiro atoms. The Morgan fingerprint density at radius 2 is 1.86 bits per heavy atom. The lowest BCUT2D eigenvalue weighted by molar-refractivity contribution is 0.389. The van der Waals surface area contributed by atoms with Crippen molar-refractivity contribution in [3.63, 3.8) is 0 Å². The van der Waals surface area contributed by atoms with Crippen LogP contribution < -0.4 is 15.2 Å². The van der Waals surface area contributed by atoms with E-state index in [0.29, 0.717) is 0 Å². The molecule has 80 valence electrons. The molecule has 0 aliphatic carbocycles. The van der Waals surface area contributed by atoms with E-state index in [1.165, 1.54) is 0 Å². The van der Waals surface area contributed by atoms with Crippen molar-refractivity contribution < 1.29 is 9.47 Å². The van der Waals surface area contributed by atoms with Crippen LogP contribution in [0.15, 0.2) is 18.2 Å². The van der Waals surface area contributed by atoms with Crippen LogP contribution >= 0.6 is 12.4 Å². The number of benzene rings is 1. The standard InChI is InChI=1S/C10H15NO2.ClH/c1-7(11)9-5-4-8(12-2)6-10(9)13-3;/h4-7H,11H2,1-3H3;1H/t7-;/m0./s1. The number of methoxy groups -OCH3 is 2. The number of halogens is 1. The highest BCUT2D eigenvalue weighted by molar-refractivity contribution is 5.85. The number of ether oxygens (including phenoxy) is 2. The second-order valence-electron chi connectivity index (χ2n) is 2.90. The van der Waals surface area contributed by atoms with Gasteiger partial charge in [-0.05, 0) is 13.0 Å². The Kier molecular flexibility index (Phi) is 5.35. The van der Waals surface area contributed by atoms with Crippen molar-refractivity contribution in [1.29, 1.82) is 0 Å². The van der Waals surface area contributed by atoms with Gasteiger partial charge in [0, 0.05) is 17.7 Å². The highest BCUT2D eigenvalue weighted by Crippen LogP contribution is 2.27. The molecule has 1 rings (SSSR count). The van der Waals surface area contributed by atoms with Crippen molar-refractivity contribution >= 4 is 12.4 Å². The predicted octanol–water partition coefficient (Wildman–Crippen LogP) is 2.15. The summed E-state index contributed by atoms with van der Waals surface area (Å²) in [5.41, 5.74) is 6.75. The van der Waals surface area contributed by atoms with E-state index >= 15 is 0 Å². The molecule has 3 nitrogen and oxygen atoms in total. The minimum absolute atomic E-state index is 0. The predicted molar refractivity (Wildman–Crippen MR) is 59.4 cm³/mol. The molecule has 0 amide bonds. The van der Waals surface area contributed by atoms with Crippen LogP contribution in [0.4, 0.5) is 0 Å². The summed E-state index contributed by atoms with van der Waals surface area (Å²) in [6, 6.07) is 5.60. The summed E-state index contributed by atoms with van der Waals surface area (Å²) < 4.78 is 10.3. The second-order valence-corrected chi connectivity index (χ2v) is 2.90. The van der Waals surface area contributed by atoms with Gasteiger partial charge in [0.25, 0.3) is 0 Å². The van der Waals surface area contributed by atoms with E-state index in [1.807, 2.05) is 25.1 Å². The third-order valence-corrected chi connectivity index (χ3v) is 1.93. The number of hydrogen-bond acceptors (Lipinski definition) is 3. The fraction of sp³-hybridized carbons (Fsp3) is 0.400. The van der Waals surface area contributed by atoms with Crippen LogP contribution in [0.2, 0.25) is 0 Å². The molecule has 1 aromatic carbocycles. The maximum Gasteiger partial charge on any atom is 0.127 e. The van der Waals surface area contributed by atoms with Gasteiger partial charge in [-0.2, -0.15) is 0 Å². The Bertz CT molecular complexity index is 289. The lowest BCUT2D eigenvalue weighted by Gasteiger charge is -2.12. The van der Waals surface area contributed by atoms with Gasteiger partial charge in [-0.1, -0.05) is 6.07 Å². The zero-order valence-corrected chi connectivity index (χ0v) is 9.43. The molecule has 0 unspecified atom stereocenters.